The Labute approximate surface area is 104 Å². The quantitative estimate of drug-likeness (QED) is 0.827. The smallest absolute Gasteiger partial charge is 0.236 e. The molecule has 0 saturated heterocycles. The summed E-state index contributed by atoms with van der Waals surface area (Å²) in [4.78, 5) is 11.2. The van der Waals surface area contributed by atoms with E-state index < -0.39 is 0 Å². The zero-order chi connectivity index (χ0) is 11.3. The van der Waals surface area contributed by atoms with Gasteiger partial charge in [0.1, 0.15) is 0 Å². The third-order valence-corrected chi connectivity index (χ3v) is 2.88. The molecule has 0 aliphatic carbocycles. The fourth-order valence-corrected chi connectivity index (χ4v) is 1.54. The van der Waals surface area contributed by atoms with Crippen LogP contribution >= 0.6 is 22.6 Å². The van der Waals surface area contributed by atoms with E-state index in [1.807, 2.05) is 6.92 Å². The molecule has 0 bridgehead atoms. The molecule has 4 heteroatoms. The Morgan fingerprint density at radius 3 is 2.53 bits per heavy atom. The molecule has 1 aromatic carbocycles. The molecule has 1 aromatic rings. The number of hydrogen-bond donors (Lipinski definition) is 2. The zero-order valence-corrected chi connectivity index (χ0v) is 11.0. The van der Waals surface area contributed by atoms with E-state index in [1.165, 1.54) is 9.13 Å². The predicted molar refractivity (Wildman–Crippen MR) is 69.5 cm³/mol. The Morgan fingerprint density at radius 1 is 1.40 bits per heavy atom. The number of likely N-dealkylation sites (N-methyl/N-ethyl adjacent to an activating group) is 1. The lowest BCUT2D eigenvalue weighted by Crippen LogP contribution is -2.40. The Hall–Kier alpha value is -0.620. The first-order chi connectivity index (χ1) is 7.13. The highest BCUT2D eigenvalue weighted by atomic mass is 127. The van der Waals surface area contributed by atoms with Gasteiger partial charge in [-0.15, -0.1) is 0 Å². The first-order valence-electron chi connectivity index (χ1n) is 4.83. The van der Waals surface area contributed by atoms with Crippen molar-refractivity contribution in [3.8, 4) is 0 Å². The molecule has 0 radical (unpaired) electrons. The number of hydrogen-bond acceptors (Lipinski definition) is 2. The average molecular weight is 318 g/mol. The second kappa shape index (κ2) is 6.07. The molecule has 3 nitrogen and oxygen atoms in total. The SMILES string of the molecule is CNC(=O)C(C)NCc1ccc(I)cc1. The van der Waals surface area contributed by atoms with Crippen molar-refractivity contribution in [2.45, 2.75) is 19.5 Å². The van der Waals surface area contributed by atoms with Crippen LogP contribution in [0.5, 0.6) is 0 Å². The van der Waals surface area contributed by atoms with Gasteiger partial charge in [-0.25, -0.2) is 0 Å². The highest BCUT2D eigenvalue weighted by Gasteiger charge is 2.08. The maximum atomic E-state index is 11.2. The molecular formula is C11H15IN2O. The van der Waals surface area contributed by atoms with Gasteiger partial charge >= 0.3 is 0 Å². The summed E-state index contributed by atoms with van der Waals surface area (Å²) in [7, 11) is 1.64. The lowest BCUT2D eigenvalue weighted by molar-refractivity contribution is -0.122. The minimum absolute atomic E-state index is 0.0144. The predicted octanol–water partition coefficient (Wildman–Crippen LogP) is 1.52. The van der Waals surface area contributed by atoms with Gasteiger partial charge in [0.2, 0.25) is 5.91 Å². The van der Waals surface area contributed by atoms with E-state index in [1.54, 1.807) is 7.05 Å². The van der Waals surface area contributed by atoms with Crippen molar-refractivity contribution in [2.24, 2.45) is 0 Å². The van der Waals surface area contributed by atoms with Gasteiger partial charge in [-0.05, 0) is 47.2 Å². The molecule has 82 valence electrons. The molecule has 2 N–H and O–H groups in total. The number of benzene rings is 1. The van der Waals surface area contributed by atoms with Crippen LogP contribution in [0, 0.1) is 3.57 Å². The van der Waals surface area contributed by atoms with Crippen LogP contribution in [0.1, 0.15) is 12.5 Å². The van der Waals surface area contributed by atoms with Gasteiger partial charge in [0.15, 0.2) is 0 Å². The fraction of sp³-hybridized carbons (Fsp3) is 0.364. The van der Waals surface area contributed by atoms with E-state index in [0.29, 0.717) is 6.54 Å². The molecule has 0 heterocycles. The van der Waals surface area contributed by atoms with Crippen molar-refractivity contribution >= 4 is 28.5 Å². The van der Waals surface area contributed by atoms with Crippen LogP contribution in [0.15, 0.2) is 24.3 Å². The summed E-state index contributed by atoms with van der Waals surface area (Å²) >= 11 is 2.27. The number of carbonyl (C=O) groups excluding carboxylic acids is 1. The topological polar surface area (TPSA) is 41.1 Å². The molecule has 1 amide bonds. The number of amides is 1. The molecule has 0 aliphatic heterocycles. The Balaban J connectivity index is 2.43. The molecule has 0 aromatic heterocycles. The highest BCUT2D eigenvalue weighted by molar-refractivity contribution is 14.1. The molecule has 0 fully saturated rings. The Kier molecular flexibility index (Phi) is 5.04. The monoisotopic (exact) mass is 318 g/mol. The molecule has 1 atom stereocenters. The van der Waals surface area contributed by atoms with Gasteiger partial charge in [-0.1, -0.05) is 12.1 Å². The molecule has 0 saturated carbocycles. The molecule has 0 aliphatic rings. The van der Waals surface area contributed by atoms with Crippen LogP contribution in [0.3, 0.4) is 0 Å². The summed E-state index contributed by atoms with van der Waals surface area (Å²) in [6, 6.07) is 8.08. The Morgan fingerprint density at radius 2 is 2.00 bits per heavy atom. The van der Waals surface area contributed by atoms with Crippen LogP contribution in [0.4, 0.5) is 0 Å². The normalized spacial score (nSPS) is 12.2. The zero-order valence-electron chi connectivity index (χ0n) is 8.88. The minimum Gasteiger partial charge on any atom is -0.358 e. The van der Waals surface area contributed by atoms with Crippen molar-refractivity contribution in [3.63, 3.8) is 0 Å². The van der Waals surface area contributed by atoms with Crippen LogP contribution < -0.4 is 10.6 Å². The van der Waals surface area contributed by atoms with Gasteiger partial charge < -0.3 is 10.6 Å². The number of rotatable bonds is 4. The summed E-state index contributed by atoms with van der Waals surface area (Å²) in [6.45, 7) is 2.57. The summed E-state index contributed by atoms with van der Waals surface area (Å²) in [6.07, 6.45) is 0. The van der Waals surface area contributed by atoms with Gasteiger partial charge in [-0.2, -0.15) is 0 Å². The first-order valence-corrected chi connectivity index (χ1v) is 5.91. The maximum Gasteiger partial charge on any atom is 0.236 e. The molecular weight excluding hydrogens is 303 g/mol. The van der Waals surface area contributed by atoms with Gasteiger partial charge in [0.25, 0.3) is 0 Å². The van der Waals surface area contributed by atoms with E-state index in [9.17, 15) is 4.79 Å². The van der Waals surface area contributed by atoms with Crippen molar-refractivity contribution in [2.75, 3.05) is 7.05 Å². The fourth-order valence-electron chi connectivity index (χ4n) is 1.18. The van der Waals surface area contributed by atoms with Crippen LogP contribution in [-0.4, -0.2) is 19.0 Å². The van der Waals surface area contributed by atoms with E-state index in [4.69, 9.17) is 0 Å². The standard InChI is InChI=1S/C11H15IN2O/c1-8(11(15)13-2)14-7-9-3-5-10(12)6-4-9/h3-6,8,14H,7H2,1-2H3,(H,13,15). The second-order valence-electron chi connectivity index (χ2n) is 3.34. The molecule has 1 unspecified atom stereocenters. The minimum atomic E-state index is -0.158. The molecule has 1 rings (SSSR count). The Bertz CT molecular complexity index is 324. The molecule has 0 spiro atoms. The number of halogens is 1. The van der Waals surface area contributed by atoms with Gasteiger partial charge in [0.05, 0.1) is 6.04 Å². The van der Waals surface area contributed by atoms with E-state index >= 15 is 0 Å². The highest BCUT2D eigenvalue weighted by Crippen LogP contribution is 2.06. The third kappa shape index (κ3) is 4.17. The van der Waals surface area contributed by atoms with Crippen LogP contribution in [-0.2, 0) is 11.3 Å². The molecule has 15 heavy (non-hydrogen) atoms. The summed E-state index contributed by atoms with van der Waals surface area (Å²) in [5, 5.41) is 5.76. The summed E-state index contributed by atoms with van der Waals surface area (Å²) < 4.78 is 1.22. The lowest BCUT2D eigenvalue weighted by Gasteiger charge is -2.11. The van der Waals surface area contributed by atoms with Crippen LogP contribution in [0.25, 0.3) is 0 Å². The number of carbonyl (C=O) groups is 1. The number of nitrogens with one attached hydrogen (secondary N) is 2. The maximum absolute atomic E-state index is 11.2. The average Bonchev–Trinajstić information content (AvgIpc) is 2.26. The van der Waals surface area contributed by atoms with Gasteiger partial charge in [-0.3, -0.25) is 4.79 Å². The first kappa shape index (κ1) is 12.4. The summed E-state index contributed by atoms with van der Waals surface area (Å²) in [5.74, 6) is 0.0144. The van der Waals surface area contributed by atoms with Crippen molar-refractivity contribution in [3.05, 3.63) is 33.4 Å². The third-order valence-electron chi connectivity index (χ3n) is 2.17. The van der Waals surface area contributed by atoms with Crippen molar-refractivity contribution in [1.82, 2.24) is 10.6 Å². The summed E-state index contributed by atoms with van der Waals surface area (Å²) in [5.41, 5.74) is 1.19. The van der Waals surface area contributed by atoms with E-state index in [2.05, 4.69) is 57.5 Å². The largest absolute Gasteiger partial charge is 0.358 e. The lowest BCUT2D eigenvalue weighted by atomic mass is 10.2. The van der Waals surface area contributed by atoms with Gasteiger partial charge in [0, 0.05) is 17.2 Å². The van der Waals surface area contributed by atoms with Crippen LogP contribution in [0.2, 0.25) is 0 Å². The van der Waals surface area contributed by atoms with Crippen molar-refractivity contribution in [1.29, 1.82) is 0 Å². The second-order valence-corrected chi connectivity index (χ2v) is 4.59. The van der Waals surface area contributed by atoms with E-state index in [0.717, 1.165) is 0 Å². The van der Waals surface area contributed by atoms with Crippen molar-refractivity contribution < 1.29 is 4.79 Å². The van der Waals surface area contributed by atoms with E-state index in [-0.39, 0.29) is 11.9 Å².